The minimum atomic E-state index is -3.29. The van der Waals surface area contributed by atoms with Gasteiger partial charge in [-0.25, -0.2) is 18.9 Å². The van der Waals surface area contributed by atoms with Gasteiger partial charge >= 0.3 is 12.2 Å². The Morgan fingerprint density at radius 1 is 1.14 bits per heavy atom. The Hall–Kier alpha value is -2.49. The average molecular weight is 571 g/mol. The van der Waals surface area contributed by atoms with E-state index >= 15 is 4.39 Å². The highest BCUT2D eigenvalue weighted by molar-refractivity contribution is 9.10. The lowest BCUT2D eigenvalue weighted by Gasteiger charge is -2.38. The van der Waals surface area contributed by atoms with E-state index in [1.165, 1.54) is 26.0 Å². The molecule has 1 aromatic rings. The first-order chi connectivity index (χ1) is 16.8. The van der Waals surface area contributed by atoms with Crippen LogP contribution < -0.4 is 5.32 Å². The topological polar surface area (TPSA) is 102 Å². The van der Waals surface area contributed by atoms with Crippen LogP contribution in [0.5, 0.6) is 0 Å². The number of halogens is 2. The summed E-state index contributed by atoms with van der Waals surface area (Å²) < 4.78 is 28.6. The van der Waals surface area contributed by atoms with E-state index in [1.54, 1.807) is 19.1 Å². The molecule has 1 aliphatic heterocycles. The van der Waals surface area contributed by atoms with Gasteiger partial charge in [0.15, 0.2) is 5.78 Å². The van der Waals surface area contributed by atoms with Gasteiger partial charge < -0.3 is 14.8 Å². The lowest BCUT2D eigenvalue weighted by molar-refractivity contribution is -0.154. The molecule has 0 radical (unpaired) electrons. The van der Waals surface area contributed by atoms with Gasteiger partial charge in [0.25, 0.3) is 11.6 Å². The predicted octanol–water partition coefficient (Wildman–Crippen LogP) is 6.02. The Balaban J connectivity index is 2.64. The molecule has 3 amide bonds. The number of nitrogens with zero attached hydrogens (tertiary/aromatic N) is 1. The SMILES string of the molecule is CCCC(=O)[C@@](F)(C(=O)N1C(=O)OCC1(C)C)[C@H](NC(=O)OC(CC)(CC)CC)c1ccc(Br)cc1. The van der Waals surface area contributed by atoms with Crippen LogP contribution in [0.3, 0.4) is 0 Å². The molecule has 1 aromatic carbocycles. The quantitative estimate of drug-likeness (QED) is 0.326. The van der Waals surface area contributed by atoms with Crippen molar-refractivity contribution in [2.45, 2.75) is 96.5 Å². The zero-order valence-corrected chi connectivity index (χ0v) is 23.4. The number of alkyl halides is 1. The Morgan fingerprint density at radius 2 is 1.69 bits per heavy atom. The van der Waals surface area contributed by atoms with Crippen molar-refractivity contribution >= 4 is 39.8 Å². The second kappa shape index (κ2) is 11.7. The number of carbonyl (C=O) groups excluding carboxylic acids is 4. The van der Waals surface area contributed by atoms with Crippen molar-refractivity contribution in [1.29, 1.82) is 0 Å². The van der Waals surface area contributed by atoms with Crippen LogP contribution in [0.25, 0.3) is 0 Å². The number of benzene rings is 1. The molecule has 0 aromatic heterocycles. The van der Waals surface area contributed by atoms with Crippen molar-refractivity contribution in [3.8, 4) is 0 Å². The molecule has 10 heteroatoms. The maximum Gasteiger partial charge on any atom is 0.417 e. The summed E-state index contributed by atoms with van der Waals surface area (Å²) >= 11 is 3.31. The van der Waals surface area contributed by atoms with Gasteiger partial charge in [0.2, 0.25) is 0 Å². The number of ether oxygens (including phenoxy) is 2. The number of imide groups is 1. The first-order valence-electron chi connectivity index (χ1n) is 12.3. The summed E-state index contributed by atoms with van der Waals surface area (Å²) in [5.41, 5.74) is -5.11. The van der Waals surface area contributed by atoms with Crippen molar-refractivity contribution in [3.63, 3.8) is 0 Å². The van der Waals surface area contributed by atoms with E-state index in [9.17, 15) is 19.2 Å². The van der Waals surface area contributed by atoms with Crippen molar-refractivity contribution in [2.75, 3.05) is 6.61 Å². The molecule has 0 saturated carbocycles. The molecule has 2 atom stereocenters. The normalized spacial score (nSPS) is 17.7. The van der Waals surface area contributed by atoms with Crippen LogP contribution in [0.1, 0.15) is 85.3 Å². The zero-order valence-electron chi connectivity index (χ0n) is 21.8. The smallest absolute Gasteiger partial charge is 0.417 e. The monoisotopic (exact) mass is 570 g/mol. The number of nitrogens with one attached hydrogen (secondary N) is 1. The van der Waals surface area contributed by atoms with E-state index in [0.29, 0.717) is 28.6 Å². The third-order valence-corrected chi connectivity index (χ3v) is 7.37. The van der Waals surface area contributed by atoms with E-state index in [1.807, 2.05) is 20.8 Å². The summed E-state index contributed by atoms with van der Waals surface area (Å²) in [6, 6.07) is 4.45. The first-order valence-corrected chi connectivity index (χ1v) is 13.1. The molecular weight excluding hydrogens is 535 g/mol. The second-order valence-electron chi connectivity index (χ2n) is 9.65. The fourth-order valence-electron chi connectivity index (χ4n) is 4.33. The van der Waals surface area contributed by atoms with Crippen molar-refractivity contribution in [1.82, 2.24) is 10.2 Å². The van der Waals surface area contributed by atoms with Crippen LogP contribution in [0.2, 0.25) is 0 Å². The molecule has 8 nitrogen and oxygen atoms in total. The number of hydrogen-bond acceptors (Lipinski definition) is 6. The van der Waals surface area contributed by atoms with Gasteiger partial charge in [0, 0.05) is 10.9 Å². The Morgan fingerprint density at radius 3 is 2.14 bits per heavy atom. The van der Waals surface area contributed by atoms with Gasteiger partial charge in [-0.3, -0.25) is 9.59 Å². The second-order valence-corrected chi connectivity index (χ2v) is 10.6. The van der Waals surface area contributed by atoms with Crippen LogP contribution in [0.4, 0.5) is 14.0 Å². The molecule has 1 N–H and O–H groups in total. The number of hydrogen-bond donors (Lipinski definition) is 1. The lowest BCUT2D eigenvalue weighted by atomic mass is 9.82. The number of amides is 3. The Kier molecular flexibility index (Phi) is 9.67. The molecular formula is C26H36BrFN2O6. The molecule has 2 rings (SSSR count). The van der Waals surface area contributed by atoms with Gasteiger partial charge in [-0.1, -0.05) is 55.8 Å². The summed E-state index contributed by atoms with van der Waals surface area (Å²) in [5.74, 6) is -2.43. The van der Waals surface area contributed by atoms with Gasteiger partial charge in [-0.05, 0) is 57.2 Å². The molecule has 1 aliphatic rings. The van der Waals surface area contributed by atoms with E-state index in [-0.39, 0.29) is 25.0 Å². The third kappa shape index (κ3) is 5.90. The highest BCUT2D eigenvalue weighted by Gasteiger charge is 2.60. The molecule has 0 spiro atoms. The molecule has 200 valence electrons. The summed E-state index contributed by atoms with van der Waals surface area (Å²) in [4.78, 5) is 53.3. The summed E-state index contributed by atoms with van der Waals surface area (Å²) in [6.45, 7) is 10.2. The Bertz CT molecular complexity index is 971. The highest BCUT2D eigenvalue weighted by Crippen LogP contribution is 2.38. The van der Waals surface area contributed by atoms with Crippen LogP contribution in [0, 0.1) is 0 Å². The standard InChI is InChI=1S/C26H36BrFN2O6/c1-7-11-19(31)26(28,21(32)30-23(34)35-16-24(30,5)6)20(17-12-14-18(27)15-13-17)29-22(33)36-25(8-2,9-3)10-4/h12-15,20H,7-11,16H2,1-6H3,(H,29,33)/t20-,26+/m1/s1. The van der Waals surface area contributed by atoms with Gasteiger partial charge in [-0.15, -0.1) is 0 Å². The fraction of sp³-hybridized carbons (Fsp3) is 0.615. The van der Waals surface area contributed by atoms with Gasteiger partial charge in [0.1, 0.15) is 18.2 Å². The number of cyclic esters (lactones) is 1. The van der Waals surface area contributed by atoms with Crippen molar-refractivity contribution in [2.24, 2.45) is 0 Å². The molecule has 0 bridgehead atoms. The van der Waals surface area contributed by atoms with E-state index in [0.717, 1.165) is 0 Å². The lowest BCUT2D eigenvalue weighted by Crippen LogP contribution is -2.62. The minimum Gasteiger partial charge on any atom is -0.447 e. The largest absolute Gasteiger partial charge is 0.447 e. The summed E-state index contributed by atoms with van der Waals surface area (Å²) in [6.07, 6.45) is -0.451. The average Bonchev–Trinajstić information content (AvgIpc) is 3.12. The van der Waals surface area contributed by atoms with Gasteiger partial charge in [0.05, 0.1) is 5.54 Å². The number of Topliss-reactive ketones (excluding diaryl/α,β-unsaturated/α-hetero) is 1. The number of ketones is 1. The maximum absolute atomic E-state index is 17.2. The number of carbonyl (C=O) groups is 4. The molecule has 0 unspecified atom stereocenters. The summed E-state index contributed by atoms with van der Waals surface area (Å²) in [5, 5.41) is 2.47. The molecule has 1 saturated heterocycles. The van der Waals surface area contributed by atoms with Crippen LogP contribution >= 0.6 is 15.9 Å². The van der Waals surface area contributed by atoms with Crippen LogP contribution in [-0.4, -0.2) is 52.2 Å². The first kappa shape index (κ1) is 29.7. The maximum atomic E-state index is 17.2. The Labute approximate surface area is 220 Å². The van der Waals surface area contributed by atoms with E-state index < -0.39 is 46.7 Å². The zero-order chi connectivity index (χ0) is 27.3. The minimum absolute atomic E-state index is 0.153. The van der Waals surface area contributed by atoms with Crippen LogP contribution in [0.15, 0.2) is 28.7 Å². The molecule has 0 aliphatic carbocycles. The molecule has 1 fully saturated rings. The highest BCUT2D eigenvalue weighted by atomic mass is 79.9. The number of rotatable bonds is 11. The van der Waals surface area contributed by atoms with E-state index in [2.05, 4.69) is 21.2 Å². The van der Waals surface area contributed by atoms with Crippen LogP contribution in [-0.2, 0) is 19.1 Å². The predicted molar refractivity (Wildman–Crippen MR) is 136 cm³/mol. The fourth-order valence-corrected chi connectivity index (χ4v) is 4.59. The van der Waals surface area contributed by atoms with Crippen molar-refractivity contribution < 1.29 is 33.0 Å². The molecule has 1 heterocycles. The van der Waals surface area contributed by atoms with E-state index in [4.69, 9.17) is 9.47 Å². The third-order valence-electron chi connectivity index (χ3n) is 6.84. The molecule has 36 heavy (non-hydrogen) atoms. The summed E-state index contributed by atoms with van der Waals surface area (Å²) in [7, 11) is 0. The van der Waals surface area contributed by atoms with Gasteiger partial charge in [-0.2, -0.15) is 0 Å². The van der Waals surface area contributed by atoms with Crippen molar-refractivity contribution in [3.05, 3.63) is 34.3 Å². The number of alkyl carbamates (subject to hydrolysis) is 1.